The smallest absolute Gasteiger partial charge is 0.242 e. The topological polar surface area (TPSA) is 49.4 Å². The van der Waals surface area contributed by atoms with Crippen molar-refractivity contribution >= 4 is 24.2 Å². The Morgan fingerprint density at radius 1 is 1.30 bits per heavy atom. The first kappa shape index (κ1) is 9.39. The van der Waals surface area contributed by atoms with Gasteiger partial charge in [-0.1, -0.05) is 0 Å². The van der Waals surface area contributed by atoms with E-state index in [0.29, 0.717) is 0 Å². The summed E-state index contributed by atoms with van der Waals surface area (Å²) in [6.07, 6.45) is 0. The Hall–Kier alpha value is -0.610. The van der Waals surface area contributed by atoms with E-state index in [1.54, 1.807) is 0 Å². The summed E-state index contributed by atoms with van der Waals surface area (Å²) in [6, 6.07) is 0. The second-order valence-electron chi connectivity index (χ2n) is 1.95. The average molecular weight is 165 g/mol. The summed E-state index contributed by atoms with van der Waals surface area (Å²) in [6.45, 7) is 0.560. The molecule has 0 aromatic heterocycles. The van der Waals surface area contributed by atoms with E-state index in [2.05, 4.69) is 5.32 Å². The molecule has 1 saturated heterocycles. The molecule has 10 heavy (non-hydrogen) atoms. The molecular weight excluding hydrogens is 156 g/mol. The lowest BCUT2D eigenvalue weighted by molar-refractivity contribution is -0.144. The number of carbonyl (C=O) groups excluding carboxylic acids is 2. The summed E-state index contributed by atoms with van der Waals surface area (Å²) in [5.41, 5.74) is 0. The van der Waals surface area contributed by atoms with Crippen LogP contribution in [-0.4, -0.2) is 36.9 Å². The lowest BCUT2D eigenvalue weighted by Gasteiger charge is -2.20. The van der Waals surface area contributed by atoms with E-state index in [0.717, 1.165) is 4.90 Å². The van der Waals surface area contributed by atoms with Gasteiger partial charge in [-0.25, -0.2) is 0 Å². The predicted octanol–water partition coefficient (Wildman–Crippen LogP) is -1.00. The van der Waals surface area contributed by atoms with Gasteiger partial charge in [0.25, 0.3) is 0 Å². The van der Waals surface area contributed by atoms with Crippen molar-refractivity contribution in [3.63, 3.8) is 0 Å². The lowest BCUT2D eigenvalue weighted by atomic mass is 10.4. The van der Waals surface area contributed by atoms with Crippen LogP contribution in [0.1, 0.15) is 0 Å². The summed E-state index contributed by atoms with van der Waals surface area (Å²) in [5.74, 6) is -0.322. The van der Waals surface area contributed by atoms with Crippen molar-refractivity contribution in [3.05, 3.63) is 0 Å². The van der Waals surface area contributed by atoms with Gasteiger partial charge in [-0.2, -0.15) is 0 Å². The summed E-state index contributed by atoms with van der Waals surface area (Å²) in [5, 5.41) is 2.67. The van der Waals surface area contributed by atoms with E-state index >= 15 is 0 Å². The van der Waals surface area contributed by atoms with Crippen LogP contribution in [0.4, 0.5) is 0 Å². The Labute approximate surface area is 65.0 Å². The van der Waals surface area contributed by atoms with Crippen molar-refractivity contribution in [2.45, 2.75) is 0 Å². The number of nitrogens with zero attached hydrogens (tertiary/aromatic N) is 1. The van der Waals surface area contributed by atoms with Crippen molar-refractivity contribution in [2.75, 3.05) is 20.1 Å². The standard InChI is InChI=1S/C5H8N2O2.ClH/c1-7-4(8)2-6-3-5(7)9;/h6H,2-3H2,1H3;1H. The molecule has 0 atom stereocenters. The summed E-state index contributed by atoms with van der Waals surface area (Å²) < 4.78 is 0. The highest BCUT2D eigenvalue weighted by Gasteiger charge is 2.20. The Bertz CT molecular complexity index is 144. The number of halogens is 1. The van der Waals surface area contributed by atoms with Crippen LogP contribution in [0.5, 0.6) is 0 Å². The summed E-state index contributed by atoms with van der Waals surface area (Å²) >= 11 is 0. The number of rotatable bonds is 0. The summed E-state index contributed by atoms with van der Waals surface area (Å²) in [4.78, 5) is 22.4. The fraction of sp³-hybridized carbons (Fsp3) is 0.600. The predicted molar refractivity (Wildman–Crippen MR) is 37.9 cm³/mol. The Morgan fingerprint density at radius 3 is 2.00 bits per heavy atom. The zero-order chi connectivity index (χ0) is 6.85. The van der Waals surface area contributed by atoms with Crippen molar-refractivity contribution in [3.8, 4) is 0 Å². The third-order valence-electron chi connectivity index (χ3n) is 1.30. The van der Waals surface area contributed by atoms with Crippen LogP contribution in [0.15, 0.2) is 0 Å². The molecule has 1 heterocycles. The monoisotopic (exact) mass is 164 g/mol. The molecule has 0 bridgehead atoms. The molecule has 5 heteroatoms. The van der Waals surface area contributed by atoms with Gasteiger partial charge in [-0.3, -0.25) is 19.8 Å². The number of nitrogens with one attached hydrogen (secondary N) is 1. The number of imide groups is 1. The highest BCUT2D eigenvalue weighted by molar-refractivity contribution is 5.99. The van der Waals surface area contributed by atoms with Gasteiger partial charge in [0.05, 0.1) is 13.1 Å². The van der Waals surface area contributed by atoms with Crippen molar-refractivity contribution in [1.82, 2.24) is 10.2 Å². The zero-order valence-electron chi connectivity index (χ0n) is 5.59. The van der Waals surface area contributed by atoms with Crippen molar-refractivity contribution in [2.24, 2.45) is 0 Å². The van der Waals surface area contributed by atoms with Crippen LogP contribution in [0.25, 0.3) is 0 Å². The van der Waals surface area contributed by atoms with Gasteiger partial charge in [-0.15, -0.1) is 12.4 Å². The van der Waals surface area contributed by atoms with Crippen LogP contribution in [0, 0.1) is 0 Å². The quantitative estimate of drug-likeness (QED) is 0.467. The van der Waals surface area contributed by atoms with Crippen LogP contribution in [0.3, 0.4) is 0 Å². The minimum absolute atomic E-state index is 0. The van der Waals surface area contributed by atoms with Crippen LogP contribution >= 0.6 is 12.4 Å². The molecule has 1 aliphatic heterocycles. The van der Waals surface area contributed by atoms with E-state index in [1.807, 2.05) is 0 Å². The van der Waals surface area contributed by atoms with Gasteiger partial charge in [-0.05, 0) is 0 Å². The fourth-order valence-electron chi connectivity index (χ4n) is 0.653. The molecule has 1 rings (SSSR count). The second kappa shape index (κ2) is 3.53. The fourth-order valence-corrected chi connectivity index (χ4v) is 0.653. The zero-order valence-corrected chi connectivity index (χ0v) is 6.40. The minimum atomic E-state index is -0.161. The van der Waals surface area contributed by atoms with E-state index in [4.69, 9.17) is 0 Å². The average Bonchev–Trinajstić information content (AvgIpc) is 1.83. The molecular formula is C5H9ClN2O2. The van der Waals surface area contributed by atoms with Crippen LogP contribution in [-0.2, 0) is 9.59 Å². The maximum absolute atomic E-state index is 10.6. The number of carbonyl (C=O) groups is 2. The number of hydrogen-bond donors (Lipinski definition) is 1. The highest BCUT2D eigenvalue weighted by atomic mass is 35.5. The Kier molecular flexibility index (Phi) is 3.32. The Balaban J connectivity index is 0.000000810. The minimum Gasteiger partial charge on any atom is -0.300 e. The normalized spacial score (nSPS) is 18.7. The number of piperazine rings is 1. The molecule has 0 saturated carbocycles. The summed E-state index contributed by atoms with van der Waals surface area (Å²) in [7, 11) is 1.49. The molecule has 0 unspecified atom stereocenters. The van der Waals surface area contributed by atoms with Gasteiger partial charge in [0.1, 0.15) is 0 Å². The van der Waals surface area contributed by atoms with Gasteiger partial charge in [0.15, 0.2) is 0 Å². The first-order valence-electron chi connectivity index (χ1n) is 2.72. The molecule has 2 amide bonds. The maximum atomic E-state index is 10.6. The Morgan fingerprint density at radius 2 is 1.70 bits per heavy atom. The molecule has 0 radical (unpaired) electrons. The van der Waals surface area contributed by atoms with E-state index in [1.165, 1.54) is 7.05 Å². The van der Waals surface area contributed by atoms with E-state index < -0.39 is 0 Å². The van der Waals surface area contributed by atoms with Crippen molar-refractivity contribution in [1.29, 1.82) is 0 Å². The second-order valence-corrected chi connectivity index (χ2v) is 1.95. The van der Waals surface area contributed by atoms with Gasteiger partial charge in [0, 0.05) is 7.05 Å². The number of amides is 2. The maximum Gasteiger partial charge on any atom is 0.242 e. The number of likely N-dealkylation sites (N-methyl/N-ethyl adjacent to an activating group) is 1. The molecule has 0 aromatic carbocycles. The lowest BCUT2D eigenvalue weighted by Crippen LogP contribution is -2.49. The van der Waals surface area contributed by atoms with E-state index in [-0.39, 0.29) is 37.3 Å². The molecule has 1 N–H and O–H groups in total. The molecule has 1 aliphatic rings. The SMILES string of the molecule is CN1C(=O)CNCC1=O.Cl. The molecule has 0 aliphatic carbocycles. The van der Waals surface area contributed by atoms with Crippen LogP contribution in [0.2, 0.25) is 0 Å². The van der Waals surface area contributed by atoms with Crippen molar-refractivity contribution < 1.29 is 9.59 Å². The van der Waals surface area contributed by atoms with E-state index in [9.17, 15) is 9.59 Å². The van der Waals surface area contributed by atoms with Crippen LogP contribution < -0.4 is 5.32 Å². The molecule has 0 spiro atoms. The first-order chi connectivity index (χ1) is 4.22. The molecule has 58 valence electrons. The molecule has 1 fully saturated rings. The molecule has 4 nitrogen and oxygen atoms in total. The third kappa shape index (κ3) is 1.68. The van der Waals surface area contributed by atoms with Gasteiger partial charge < -0.3 is 0 Å². The first-order valence-corrected chi connectivity index (χ1v) is 2.72. The number of hydrogen-bond acceptors (Lipinski definition) is 3. The third-order valence-corrected chi connectivity index (χ3v) is 1.30. The molecule has 0 aromatic rings. The van der Waals surface area contributed by atoms with Gasteiger partial charge in [0.2, 0.25) is 11.8 Å². The highest BCUT2D eigenvalue weighted by Crippen LogP contribution is 1.89. The van der Waals surface area contributed by atoms with Gasteiger partial charge >= 0.3 is 0 Å². The largest absolute Gasteiger partial charge is 0.300 e.